The van der Waals surface area contributed by atoms with E-state index in [-0.39, 0.29) is 6.42 Å². The van der Waals surface area contributed by atoms with E-state index >= 15 is 0 Å². The van der Waals surface area contributed by atoms with Gasteiger partial charge in [0.1, 0.15) is 0 Å². The molecule has 1 fully saturated rings. The van der Waals surface area contributed by atoms with Crippen LogP contribution < -0.4 is 0 Å². The SMILES string of the molecule is CCCCC(C)(C)C/C=C/[C@@H]1[C@@H](CCCCCC(O)(O)C(=O)O)CC[C@H]1Br. The van der Waals surface area contributed by atoms with Gasteiger partial charge in [-0.15, -0.1) is 0 Å². The maximum atomic E-state index is 10.7. The summed E-state index contributed by atoms with van der Waals surface area (Å²) in [6, 6.07) is 0. The van der Waals surface area contributed by atoms with Crippen LogP contribution in [0.5, 0.6) is 0 Å². The summed E-state index contributed by atoms with van der Waals surface area (Å²) in [6.45, 7) is 6.95. The zero-order valence-corrected chi connectivity index (χ0v) is 18.9. The third kappa shape index (κ3) is 9.10. The predicted octanol–water partition coefficient (Wildman–Crippen LogP) is 5.65. The zero-order valence-electron chi connectivity index (χ0n) is 17.3. The molecule has 1 saturated carbocycles. The number of halogens is 1. The van der Waals surface area contributed by atoms with Crippen molar-refractivity contribution in [3.05, 3.63) is 12.2 Å². The predicted molar refractivity (Wildman–Crippen MR) is 114 cm³/mol. The van der Waals surface area contributed by atoms with E-state index in [0.717, 1.165) is 25.7 Å². The third-order valence-electron chi connectivity index (χ3n) is 5.95. The topological polar surface area (TPSA) is 77.8 Å². The molecule has 0 bridgehead atoms. The van der Waals surface area contributed by atoms with Gasteiger partial charge in [-0.2, -0.15) is 0 Å². The number of hydrogen-bond acceptors (Lipinski definition) is 3. The molecule has 0 aromatic heterocycles. The van der Waals surface area contributed by atoms with Crippen molar-refractivity contribution in [1.82, 2.24) is 0 Å². The summed E-state index contributed by atoms with van der Waals surface area (Å²) in [7, 11) is 0. The van der Waals surface area contributed by atoms with Crippen molar-refractivity contribution in [3.63, 3.8) is 0 Å². The minimum Gasteiger partial charge on any atom is -0.477 e. The number of rotatable bonds is 13. The van der Waals surface area contributed by atoms with Crippen molar-refractivity contribution < 1.29 is 20.1 Å². The van der Waals surface area contributed by atoms with Crippen LogP contribution in [0.2, 0.25) is 0 Å². The first-order chi connectivity index (χ1) is 12.6. The van der Waals surface area contributed by atoms with Gasteiger partial charge in [-0.1, -0.05) is 74.5 Å². The van der Waals surface area contributed by atoms with Crippen molar-refractivity contribution in [3.8, 4) is 0 Å². The van der Waals surface area contributed by atoms with Gasteiger partial charge in [-0.05, 0) is 55.8 Å². The Kier molecular flexibility index (Phi) is 10.6. The summed E-state index contributed by atoms with van der Waals surface area (Å²) in [4.78, 5) is 11.2. The van der Waals surface area contributed by atoms with E-state index < -0.39 is 11.8 Å². The van der Waals surface area contributed by atoms with Crippen LogP contribution in [-0.4, -0.2) is 31.9 Å². The Bertz CT molecular complexity index is 473. The average Bonchev–Trinajstić information content (AvgIpc) is 2.93. The van der Waals surface area contributed by atoms with Gasteiger partial charge in [0.2, 0.25) is 0 Å². The van der Waals surface area contributed by atoms with Crippen LogP contribution in [0.15, 0.2) is 12.2 Å². The van der Waals surface area contributed by atoms with E-state index in [1.165, 1.54) is 32.1 Å². The number of aliphatic hydroxyl groups is 2. The van der Waals surface area contributed by atoms with Gasteiger partial charge >= 0.3 is 5.97 Å². The number of carboxylic acids is 1. The van der Waals surface area contributed by atoms with Crippen molar-refractivity contribution in [2.24, 2.45) is 17.3 Å². The molecule has 4 nitrogen and oxygen atoms in total. The number of unbranched alkanes of at least 4 members (excludes halogenated alkanes) is 3. The number of allylic oxidation sites excluding steroid dienone is 2. The Morgan fingerprint density at radius 1 is 1.11 bits per heavy atom. The lowest BCUT2D eigenvalue weighted by molar-refractivity contribution is -0.205. The molecular formula is C22H39BrO4. The van der Waals surface area contributed by atoms with Crippen LogP contribution in [0.25, 0.3) is 0 Å². The summed E-state index contributed by atoms with van der Waals surface area (Å²) < 4.78 is 0. The van der Waals surface area contributed by atoms with Crippen LogP contribution in [0.3, 0.4) is 0 Å². The molecular weight excluding hydrogens is 408 g/mol. The number of carboxylic acid groups (broad SMARTS) is 1. The summed E-state index contributed by atoms with van der Waals surface area (Å²) in [5, 5.41) is 27.4. The second-order valence-electron chi connectivity index (χ2n) is 9.05. The van der Waals surface area contributed by atoms with Crippen LogP contribution in [0, 0.1) is 17.3 Å². The third-order valence-corrected chi connectivity index (χ3v) is 7.02. The van der Waals surface area contributed by atoms with E-state index in [1.807, 2.05) is 0 Å². The minimum absolute atomic E-state index is 0.107. The second kappa shape index (κ2) is 11.6. The number of hydrogen-bond donors (Lipinski definition) is 3. The molecule has 5 heteroatoms. The van der Waals surface area contributed by atoms with Gasteiger partial charge in [0, 0.05) is 11.2 Å². The minimum atomic E-state index is -2.58. The highest BCUT2D eigenvalue weighted by molar-refractivity contribution is 9.09. The van der Waals surface area contributed by atoms with Crippen molar-refractivity contribution in [1.29, 1.82) is 0 Å². The highest BCUT2D eigenvalue weighted by Crippen LogP contribution is 2.41. The average molecular weight is 447 g/mol. The molecule has 0 unspecified atom stereocenters. The summed E-state index contributed by atoms with van der Waals surface area (Å²) in [5.41, 5.74) is 0.369. The lowest BCUT2D eigenvalue weighted by Gasteiger charge is -2.24. The summed E-state index contributed by atoms with van der Waals surface area (Å²) >= 11 is 3.85. The fourth-order valence-electron chi connectivity index (χ4n) is 4.03. The maximum absolute atomic E-state index is 10.7. The molecule has 0 radical (unpaired) electrons. The lowest BCUT2D eigenvalue weighted by atomic mass is 9.83. The monoisotopic (exact) mass is 446 g/mol. The molecule has 158 valence electrons. The van der Waals surface area contributed by atoms with Gasteiger partial charge in [0.25, 0.3) is 5.79 Å². The summed E-state index contributed by atoms with van der Waals surface area (Å²) in [5.74, 6) is -2.91. The molecule has 1 aliphatic carbocycles. The Morgan fingerprint density at radius 2 is 1.81 bits per heavy atom. The second-order valence-corrected chi connectivity index (χ2v) is 10.2. The molecule has 1 aliphatic rings. The molecule has 3 N–H and O–H groups in total. The molecule has 3 atom stereocenters. The van der Waals surface area contributed by atoms with Crippen molar-refractivity contribution in [2.75, 3.05) is 0 Å². The lowest BCUT2D eigenvalue weighted by Crippen LogP contribution is -2.37. The molecule has 0 spiro atoms. The largest absolute Gasteiger partial charge is 0.477 e. The van der Waals surface area contributed by atoms with Crippen LogP contribution in [0.1, 0.15) is 91.4 Å². The van der Waals surface area contributed by atoms with Crippen LogP contribution >= 0.6 is 15.9 Å². The highest BCUT2D eigenvalue weighted by atomic mass is 79.9. The normalized spacial score (nSPS) is 24.0. The Hall–Kier alpha value is -0.390. The Labute approximate surface area is 173 Å². The molecule has 0 aromatic carbocycles. The van der Waals surface area contributed by atoms with Gasteiger partial charge in [-0.3, -0.25) is 0 Å². The highest BCUT2D eigenvalue weighted by Gasteiger charge is 2.33. The maximum Gasteiger partial charge on any atom is 0.364 e. The molecule has 0 aliphatic heterocycles. The first-order valence-electron chi connectivity index (χ1n) is 10.6. The van der Waals surface area contributed by atoms with Gasteiger partial charge in [0.15, 0.2) is 0 Å². The fraction of sp³-hybridized carbons (Fsp3) is 0.864. The van der Waals surface area contributed by atoms with Gasteiger partial charge < -0.3 is 15.3 Å². The summed E-state index contributed by atoms with van der Waals surface area (Å²) in [6.07, 6.45) is 15.5. The number of aliphatic carboxylic acids is 1. The zero-order chi connectivity index (χ0) is 20.5. The molecule has 0 amide bonds. The molecule has 0 heterocycles. The molecule has 27 heavy (non-hydrogen) atoms. The first-order valence-corrected chi connectivity index (χ1v) is 11.5. The standard InChI is InChI=1S/C22H39BrO4/c1-4-5-14-21(2,3)15-9-11-18-17(12-13-19(18)23)10-7-6-8-16-22(26,27)20(24)25/h9,11,17-19,26-27H,4-8,10,12-16H2,1-3H3,(H,24,25)/b11-9+/t17-,18+,19+/m0/s1. The van der Waals surface area contributed by atoms with E-state index in [2.05, 4.69) is 48.9 Å². The quantitative estimate of drug-likeness (QED) is 0.147. The fourth-order valence-corrected chi connectivity index (χ4v) is 4.90. The van der Waals surface area contributed by atoms with Crippen LogP contribution in [-0.2, 0) is 4.79 Å². The van der Waals surface area contributed by atoms with E-state index in [9.17, 15) is 15.0 Å². The first kappa shape index (κ1) is 24.6. The van der Waals surface area contributed by atoms with Crippen molar-refractivity contribution in [2.45, 2.75) is 102 Å². The van der Waals surface area contributed by atoms with E-state index in [4.69, 9.17) is 5.11 Å². The van der Waals surface area contributed by atoms with E-state index in [0.29, 0.717) is 28.5 Å². The number of carbonyl (C=O) groups is 1. The van der Waals surface area contributed by atoms with E-state index in [1.54, 1.807) is 0 Å². The smallest absolute Gasteiger partial charge is 0.364 e. The molecule has 0 aromatic rings. The Morgan fingerprint density at radius 3 is 2.44 bits per heavy atom. The molecule has 0 saturated heterocycles. The van der Waals surface area contributed by atoms with Crippen LogP contribution in [0.4, 0.5) is 0 Å². The molecule has 1 rings (SSSR count). The number of alkyl halides is 1. The van der Waals surface area contributed by atoms with Gasteiger partial charge in [-0.25, -0.2) is 4.79 Å². The van der Waals surface area contributed by atoms with Crippen molar-refractivity contribution >= 4 is 21.9 Å². The van der Waals surface area contributed by atoms with Gasteiger partial charge in [0.05, 0.1) is 0 Å². The Balaban J connectivity index is 2.38.